The van der Waals surface area contributed by atoms with Crippen LogP contribution in [0.3, 0.4) is 0 Å². The molecule has 72 valence electrons. The van der Waals surface area contributed by atoms with E-state index in [2.05, 4.69) is 17.6 Å². The highest BCUT2D eigenvalue weighted by Crippen LogP contribution is 2.03. The van der Waals surface area contributed by atoms with E-state index in [9.17, 15) is 0 Å². The highest BCUT2D eigenvalue weighted by atomic mass is 16.5. The molecule has 0 spiro atoms. The van der Waals surface area contributed by atoms with Crippen molar-refractivity contribution in [2.45, 2.75) is 13.3 Å². The largest absolute Gasteiger partial charge is 0.380 e. The standard InChI is InChI=1S/C9H20N2O/c1-2-10-4-3-9-7-11-5-6-12-8-9/h9-11H,2-8H2,1H3. The van der Waals surface area contributed by atoms with Gasteiger partial charge >= 0.3 is 0 Å². The minimum atomic E-state index is 0.701. The topological polar surface area (TPSA) is 33.3 Å². The van der Waals surface area contributed by atoms with Gasteiger partial charge in [-0.15, -0.1) is 0 Å². The Morgan fingerprint density at radius 3 is 3.33 bits per heavy atom. The number of rotatable bonds is 4. The average molecular weight is 172 g/mol. The van der Waals surface area contributed by atoms with Crippen LogP contribution in [0.1, 0.15) is 13.3 Å². The minimum Gasteiger partial charge on any atom is -0.380 e. The van der Waals surface area contributed by atoms with Crippen LogP contribution in [0.5, 0.6) is 0 Å². The summed E-state index contributed by atoms with van der Waals surface area (Å²) < 4.78 is 5.45. The van der Waals surface area contributed by atoms with Gasteiger partial charge in [0.25, 0.3) is 0 Å². The van der Waals surface area contributed by atoms with Gasteiger partial charge in [0.15, 0.2) is 0 Å². The zero-order valence-corrected chi connectivity index (χ0v) is 7.94. The number of ether oxygens (including phenoxy) is 1. The molecule has 0 radical (unpaired) electrons. The van der Waals surface area contributed by atoms with Crippen molar-refractivity contribution in [1.29, 1.82) is 0 Å². The van der Waals surface area contributed by atoms with Gasteiger partial charge in [-0.05, 0) is 25.4 Å². The van der Waals surface area contributed by atoms with Gasteiger partial charge in [0.05, 0.1) is 13.2 Å². The lowest BCUT2D eigenvalue weighted by atomic mass is 10.1. The van der Waals surface area contributed by atoms with Crippen LogP contribution >= 0.6 is 0 Å². The third-order valence-corrected chi connectivity index (χ3v) is 2.19. The van der Waals surface area contributed by atoms with Crippen molar-refractivity contribution >= 4 is 0 Å². The van der Waals surface area contributed by atoms with Crippen molar-refractivity contribution in [3.63, 3.8) is 0 Å². The smallest absolute Gasteiger partial charge is 0.0591 e. The minimum absolute atomic E-state index is 0.701. The fourth-order valence-corrected chi connectivity index (χ4v) is 1.43. The Balaban J connectivity index is 2.04. The van der Waals surface area contributed by atoms with Gasteiger partial charge in [-0.2, -0.15) is 0 Å². The second-order valence-corrected chi connectivity index (χ2v) is 3.29. The second-order valence-electron chi connectivity index (χ2n) is 3.29. The van der Waals surface area contributed by atoms with Crippen LogP contribution in [0.25, 0.3) is 0 Å². The summed E-state index contributed by atoms with van der Waals surface area (Å²) >= 11 is 0. The van der Waals surface area contributed by atoms with Crippen LogP contribution in [-0.4, -0.2) is 39.4 Å². The maximum atomic E-state index is 5.45. The van der Waals surface area contributed by atoms with Crippen LogP contribution in [0, 0.1) is 5.92 Å². The van der Waals surface area contributed by atoms with Crippen molar-refractivity contribution in [2.24, 2.45) is 5.92 Å². The monoisotopic (exact) mass is 172 g/mol. The molecule has 1 aliphatic heterocycles. The summed E-state index contributed by atoms with van der Waals surface area (Å²) in [6.07, 6.45) is 1.22. The second kappa shape index (κ2) is 6.40. The molecule has 2 N–H and O–H groups in total. The molecule has 0 aromatic heterocycles. The number of hydrogen-bond donors (Lipinski definition) is 2. The molecule has 0 aliphatic carbocycles. The van der Waals surface area contributed by atoms with Gasteiger partial charge in [-0.3, -0.25) is 0 Å². The Kier molecular flexibility index (Phi) is 5.32. The zero-order valence-electron chi connectivity index (χ0n) is 7.94. The molecule has 1 saturated heterocycles. The third kappa shape index (κ3) is 4.04. The Bertz CT molecular complexity index is 101. The Morgan fingerprint density at radius 2 is 2.50 bits per heavy atom. The van der Waals surface area contributed by atoms with Gasteiger partial charge in [0.2, 0.25) is 0 Å². The zero-order chi connectivity index (χ0) is 8.65. The third-order valence-electron chi connectivity index (χ3n) is 2.19. The predicted octanol–water partition coefficient (Wildman–Crippen LogP) is 0.222. The van der Waals surface area contributed by atoms with Crippen LogP contribution < -0.4 is 10.6 Å². The molecule has 0 aromatic rings. The van der Waals surface area contributed by atoms with Gasteiger partial charge in [0, 0.05) is 13.1 Å². The van der Waals surface area contributed by atoms with E-state index in [1.165, 1.54) is 6.42 Å². The van der Waals surface area contributed by atoms with E-state index in [1.54, 1.807) is 0 Å². The first-order chi connectivity index (χ1) is 5.93. The van der Waals surface area contributed by atoms with E-state index in [0.29, 0.717) is 5.92 Å². The Morgan fingerprint density at radius 1 is 1.58 bits per heavy atom. The maximum Gasteiger partial charge on any atom is 0.0591 e. The molecule has 1 heterocycles. The molecule has 1 rings (SSSR count). The van der Waals surface area contributed by atoms with Gasteiger partial charge in [-0.1, -0.05) is 6.92 Å². The Labute approximate surface area is 74.9 Å². The van der Waals surface area contributed by atoms with Crippen LogP contribution in [0.4, 0.5) is 0 Å². The molecule has 1 aliphatic rings. The maximum absolute atomic E-state index is 5.45. The normalized spacial score (nSPS) is 25.2. The first kappa shape index (κ1) is 9.96. The molecule has 1 unspecified atom stereocenters. The lowest BCUT2D eigenvalue weighted by Crippen LogP contribution is -2.26. The summed E-state index contributed by atoms with van der Waals surface area (Å²) in [5.74, 6) is 0.701. The van der Waals surface area contributed by atoms with E-state index >= 15 is 0 Å². The molecule has 12 heavy (non-hydrogen) atoms. The highest BCUT2D eigenvalue weighted by Gasteiger charge is 2.10. The Hall–Kier alpha value is -0.120. The van der Waals surface area contributed by atoms with Crippen molar-refractivity contribution in [3.8, 4) is 0 Å². The summed E-state index contributed by atoms with van der Waals surface area (Å²) in [5, 5.41) is 6.70. The van der Waals surface area contributed by atoms with E-state index in [-0.39, 0.29) is 0 Å². The fourth-order valence-electron chi connectivity index (χ4n) is 1.43. The summed E-state index contributed by atoms with van der Waals surface area (Å²) in [5.41, 5.74) is 0. The van der Waals surface area contributed by atoms with Gasteiger partial charge < -0.3 is 15.4 Å². The van der Waals surface area contributed by atoms with Gasteiger partial charge in [0.1, 0.15) is 0 Å². The molecule has 1 atom stereocenters. The quantitative estimate of drug-likeness (QED) is 0.595. The summed E-state index contributed by atoms with van der Waals surface area (Å²) in [7, 11) is 0. The van der Waals surface area contributed by atoms with E-state index < -0.39 is 0 Å². The summed E-state index contributed by atoms with van der Waals surface area (Å²) in [4.78, 5) is 0. The van der Waals surface area contributed by atoms with E-state index in [0.717, 1.165) is 39.4 Å². The molecule has 3 nitrogen and oxygen atoms in total. The first-order valence-corrected chi connectivity index (χ1v) is 4.92. The molecule has 0 aromatic carbocycles. The van der Waals surface area contributed by atoms with Crippen molar-refractivity contribution in [1.82, 2.24) is 10.6 Å². The van der Waals surface area contributed by atoms with Crippen LogP contribution in [-0.2, 0) is 4.74 Å². The summed E-state index contributed by atoms with van der Waals surface area (Å²) in [6, 6.07) is 0. The molecule has 0 amide bonds. The highest BCUT2D eigenvalue weighted by molar-refractivity contribution is 4.66. The lowest BCUT2D eigenvalue weighted by Gasteiger charge is -2.13. The molecular weight excluding hydrogens is 152 g/mol. The van der Waals surface area contributed by atoms with Crippen molar-refractivity contribution in [2.75, 3.05) is 39.4 Å². The molecule has 0 bridgehead atoms. The molecule has 3 heteroatoms. The van der Waals surface area contributed by atoms with Crippen molar-refractivity contribution in [3.05, 3.63) is 0 Å². The molecular formula is C9H20N2O. The van der Waals surface area contributed by atoms with Crippen molar-refractivity contribution < 1.29 is 4.74 Å². The lowest BCUT2D eigenvalue weighted by molar-refractivity contribution is 0.120. The average Bonchev–Trinajstić information content (AvgIpc) is 2.33. The van der Waals surface area contributed by atoms with Crippen LogP contribution in [0.2, 0.25) is 0 Å². The summed E-state index contributed by atoms with van der Waals surface area (Å²) in [6.45, 7) is 8.26. The molecule has 0 saturated carbocycles. The predicted molar refractivity (Wildman–Crippen MR) is 50.3 cm³/mol. The van der Waals surface area contributed by atoms with E-state index in [4.69, 9.17) is 4.74 Å². The van der Waals surface area contributed by atoms with Crippen LogP contribution in [0.15, 0.2) is 0 Å². The van der Waals surface area contributed by atoms with E-state index in [1.807, 2.05) is 0 Å². The SMILES string of the molecule is CCNCCC1CNCCOC1. The molecule has 1 fully saturated rings. The number of hydrogen-bond acceptors (Lipinski definition) is 3. The number of nitrogens with one attached hydrogen (secondary N) is 2. The first-order valence-electron chi connectivity index (χ1n) is 4.92. The fraction of sp³-hybridized carbons (Fsp3) is 1.00. The van der Waals surface area contributed by atoms with Gasteiger partial charge in [-0.25, -0.2) is 0 Å².